The van der Waals surface area contributed by atoms with Crippen LogP contribution in [0.25, 0.3) is 10.2 Å². The standard InChI is InChI=1S/C25H25N3OS/c1-17(2)21-8-6-9-22-24(21)27-25(30-22)28(16-20-7-4-5-14-26-20)23(29)15-19-12-10-18(3)11-13-19/h4-14,17H,15-16H2,1-3H3. The number of aromatic nitrogens is 2. The van der Waals surface area contributed by atoms with Crippen molar-refractivity contribution in [2.45, 2.75) is 39.7 Å². The first-order valence-corrected chi connectivity index (χ1v) is 11.0. The zero-order valence-corrected chi connectivity index (χ0v) is 18.3. The van der Waals surface area contributed by atoms with Gasteiger partial charge in [-0.2, -0.15) is 0 Å². The summed E-state index contributed by atoms with van der Waals surface area (Å²) in [6.45, 7) is 6.79. The van der Waals surface area contributed by atoms with E-state index in [1.807, 2.05) is 49.4 Å². The number of hydrogen-bond donors (Lipinski definition) is 0. The van der Waals surface area contributed by atoms with E-state index in [2.05, 4.69) is 37.0 Å². The lowest BCUT2D eigenvalue weighted by molar-refractivity contribution is -0.118. The predicted molar refractivity (Wildman–Crippen MR) is 124 cm³/mol. The Morgan fingerprint density at radius 3 is 2.53 bits per heavy atom. The van der Waals surface area contributed by atoms with E-state index in [1.165, 1.54) is 11.1 Å². The van der Waals surface area contributed by atoms with E-state index < -0.39 is 0 Å². The minimum Gasteiger partial charge on any atom is -0.282 e. The van der Waals surface area contributed by atoms with E-state index in [0.29, 0.717) is 18.9 Å². The summed E-state index contributed by atoms with van der Waals surface area (Å²) >= 11 is 1.56. The Morgan fingerprint density at radius 1 is 1.03 bits per heavy atom. The van der Waals surface area contributed by atoms with Crippen molar-refractivity contribution >= 4 is 32.6 Å². The number of rotatable bonds is 6. The van der Waals surface area contributed by atoms with Gasteiger partial charge in [0.1, 0.15) is 0 Å². The second-order valence-electron chi connectivity index (χ2n) is 7.81. The van der Waals surface area contributed by atoms with Gasteiger partial charge in [-0.3, -0.25) is 14.7 Å². The van der Waals surface area contributed by atoms with Crippen LogP contribution in [0.3, 0.4) is 0 Å². The lowest BCUT2D eigenvalue weighted by Gasteiger charge is -2.19. The molecule has 152 valence electrons. The van der Waals surface area contributed by atoms with Crippen molar-refractivity contribution in [3.05, 3.63) is 89.2 Å². The number of benzene rings is 2. The maximum Gasteiger partial charge on any atom is 0.233 e. The summed E-state index contributed by atoms with van der Waals surface area (Å²) in [5, 5.41) is 0.723. The van der Waals surface area contributed by atoms with Crippen LogP contribution in [0, 0.1) is 6.92 Å². The summed E-state index contributed by atoms with van der Waals surface area (Å²) in [6, 6.07) is 20.1. The van der Waals surface area contributed by atoms with Crippen molar-refractivity contribution in [3.8, 4) is 0 Å². The molecule has 0 bridgehead atoms. The van der Waals surface area contributed by atoms with Gasteiger partial charge in [0.15, 0.2) is 5.13 Å². The Balaban J connectivity index is 1.71. The number of carbonyl (C=O) groups excluding carboxylic acids is 1. The van der Waals surface area contributed by atoms with E-state index in [1.54, 1.807) is 22.4 Å². The average molecular weight is 416 g/mol. The van der Waals surface area contributed by atoms with E-state index in [0.717, 1.165) is 26.6 Å². The van der Waals surface area contributed by atoms with Gasteiger partial charge in [0.05, 0.1) is 28.9 Å². The molecule has 0 unspecified atom stereocenters. The molecule has 4 rings (SSSR count). The number of hydrogen-bond acceptors (Lipinski definition) is 4. The Morgan fingerprint density at radius 2 is 1.83 bits per heavy atom. The molecule has 0 fully saturated rings. The molecule has 30 heavy (non-hydrogen) atoms. The highest BCUT2D eigenvalue weighted by Gasteiger charge is 2.22. The fourth-order valence-electron chi connectivity index (χ4n) is 3.43. The smallest absolute Gasteiger partial charge is 0.233 e. The maximum absolute atomic E-state index is 13.4. The molecule has 0 saturated heterocycles. The van der Waals surface area contributed by atoms with Gasteiger partial charge in [-0.05, 0) is 42.2 Å². The van der Waals surface area contributed by atoms with Gasteiger partial charge in [-0.15, -0.1) is 0 Å². The van der Waals surface area contributed by atoms with Crippen LogP contribution in [-0.2, 0) is 17.8 Å². The van der Waals surface area contributed by atoms with Crippen LogP contribution in [0.15, 0.2) is 66.9 Å². The van der Waals surface area contributed by atoms with Gasteiger partial charge in [0, 0.05) is 6.20 Å². The minimum atomic E-state index is 0.0228. The minimum absolute atomic E-state index is 0.0228. The lowest BCUT2D eigenvalue weighted by Crippen LogP contribution is -2.32. The number of nitrogens with zero attached hydrogens (tertiary/aromatic N) is 3. The summed E-state index contributed by atoms with van der Waals surface area (Å²) in [7, 11) is 0. The molecule has 4 nitrogen and oxygen atoms in total. The summed E-state index contributed by atoms with van der Waals surface area (Å²) < 4.78 is 1.10. The molecular formula is C25H25N3OS. The van der Waals surface area contributed by atoms with Crippen LogP contribution < -0.4 is 4.90 Å². The molecule has 0 N–H and O–H groups in total. The van der Waals surface area contributed by atoms with Crippen molar-refractivity contribution in [1.29, 1.82) is 0 Å². The van der Waals surface area contributed by atoms with Crippen molar-refractivity contribution in [2.75, 3.05) is 4.90 Å². The van der Waals surface area contributed by atoms with Gasteiger partial charge in [0.25, 0.3) is 0 Å². The highest BCUT2D eigenvalue weighted by Crippen LogP contribution is 2.34. The molecule has 5 heteroatoms. The molecule has 2 aromatic carbocycles. The van der Waals surface area contributed by atoms with Gasteiger partial charge >= 0.3 is 0 Å². The van der Waals surface area contributed by atoms with Crippen molar-refractivity contribution in [2.24, 2.45) is 0 Å². The first-order valence-electron chi connectivity index (χ1n) is 10.2. The second-order valence-corrected chi connectivity index (χ2v) is 8.82. The molecule has 0 aliphatic carbocycles. The Hall–Kier alpha value is -3.05. The SMILES string of the molecule is Cc1ccc(CC(=O)N(Cc2ccccn2)c2nc3c(C(C)C)cccc3s2)cc1. The summed E-state index contributed by atoms with van der Waals surface area (Å²) in [6.07, 6.45) is 2.09. The van der Waals surface area contributed by atoms with Crippen LogP contribution in [0.2, 0.25) is 0 Å². The number of anilines is 1. The first kappa shape index (κ1) is 20.2. The van der Waals surface area contributed by atoms with Crippen LogP contribution in [0.4, 0.5) is 5.13 Å². The zero-order chi connectivity index (χ0) is 21.1. The van der Waals surface area contributed by atoms with Gasteiger partial charge in [-0.1, -0.05) is 73.2 Å². The topological polar surface area (TPSA) is 46.1 Å². The molecule has 0 aliphatic rings. The monoisotopic (exact) mass is 415 g/mol. The third-order valence-electron chi connectivity index (χ3n) is 5.12. The summed E-state index contributed by atoms with van der Waals surface area (Å²) in [5.74, 6) is 0.394. The number of carbonyl (C=O) groups is 1. The summed E-state index contributed by atoms with van der Waals surface area (Å²) in [5.41, 5.74) is 5.23. The molecule has 0 aliphatic heterocycles. The van der Waals surface area contributed by atoms with Crippen LogP contribution >= 0.6 is 11.3 Å². The largest absolute Gasteiger partial charge is 0.282 e. The van der Waals surface area contributed by atoms with Gasteiger partial charge in [-0.25, -0.2) is 4.98 Å². The fraction of sp³-hybridized carbons (Fsp3) is 0.240. The number of thiazole rings is 1. The van der Waals surface area contributed by atoms with E-state index in [4.69, 9.17) is 4.98 Å². The molecule has 4 aromatic rings. The number of pyridine rings is 1. The molecular weight excluding hydrogens is 390 g/mol. The van der Waals surface area contributed by atoms with E-state index in [-0.39, 0.29) is 5.91 Å². The van der Waals surface area contributed by atoms with Gasteiger partial charge < -0.3 is 0 Å². The quantitative estimate of drug-likeness (QED) is 0.394. The molecule has 0 atom stereocenters. The van der Waals surface area contributed by atoms with Crippen molar-refractivity contribution in [3.63, 3.8) is 0 Å². The highest BCUT2D eigenvalue weighted by atomic mass is 32.1. The van der Waals surface area contributed by atoms with E-state index >= 15 is 0 Å². The molecule has 2 heterocycles. The van der Waals surface area contributed by atoms with E-state index in [9.17, 15) is 4.79 Å². The molecule has 0 spiro atoms. The fourth-order valence-corrected chi connectivity index (χ4v) is 4.45. The molecule has 1 amide bonds. The van der Waals surface area contributed by atoms with Crippen molar-refractivity contribution in [1.82, 2.24) is 9.97 Å². The number of para-hydroxylation sites is 1. The third-order valence-corrected chi connectivity index (χ3v) is 6.16. The average Bonchev–Trinajstić information content (AvgIpc) is 3.18. The number of amides is 1. The van der Waals surface area contributed by atoms with Crippen LogP contribution in [0.1, 0.15) is 42.1 Å². The first-order chi connectivity index (χ1) is 14.5. The Labute approximate surface area is 181 Å². The maximum atomic E-state index is 13.4. The number of aryl methyl sites for hydroxylation is 1. The Bertz CT molecular complexity index is 1150. The summed E-state index contributed by atoms with van der Waals surface area (Å²) in [4.78, 5) is 24.5. The Kier molecular flexibility index (Phi) is 5.91. The lowest BCUT2D eigenvalue weighted by atomic mass is 10.0. The third kappa shape index (κ3) is 4.41. The van der Waals surface area contributed by atoms with Crippen LogP contribution in [0.5, 0.6) is 0 Å². The molecule has 2 aromatic heterocycles. The van der Waals surface area contributed by atoms with Crippen molar-refractivity contribution < 1.29 is 4.79 Å². The number of fused-ring (bicyclic) bond motifs is 1. The van der Waals surface area contributed by atoms with Crippen LogP contribution in [-0.4, -0.2) is 15.9 Å². The second kappa shape index (κ2) is 8.76. The molecule has 0 radical (unpaired) electrons. The predicted octanol–water partition coefficient (Wildman–Crippen LogP) is 5.90. The van der Waals surface area contributed by atoms with Gasteiger partial charge in [0.2, 0.25) is 5.91 Å². The molecule has 0 saturated carbocycles. The zero-order valence-electron chi connectivity index (χ0n) is 17.5. The normalized spacial score (nSPS) is 11.2. The highest BCUT2D eigenvalue weighted by molar-refractivity contribution is 7.22.